The largest absolute Gasteiger partial charge is 0.466 e. The third-order valence-electron chi connectivity index (χ3n) is 2.09. The summed E-state index contributed by atoms with van der Waals surface area (Å²) < 4.78 is 8.88. The molecule has 18 heavy (non-hydrogen) atoms. The van der Waals surface area contributed by atoms with Gasteiger partial charge in [0.2, 0.25) is 0 Å². The van der Waals surface area contributed by atoms with Crippen molar-refractivity contribution in [2.75, 3.05) is 0 Å². The summed E-state index contributed by atoms with van der Waals surface area (Å²) in [6.07, 6.45) is 1.03. The first-order valence-corrected chi connectivity index (χ1v) is 6.88. The van der Waals surface area contributed by atoms with Crippen molar-refractivity contribution in [3.05, 3.63) is 71.8 Å². The molecule has 0 aliphatic carbocycles. The highest BCUT2D eigenvalue weighted by Crippen LogP contribution is 2.25. The molecule has 0 amide bonds. The van der Waals surface area contributed by atoms with E-state index in [1.54, 1.807) is 0 Å². The fourth-order valence-electron chi connectivity index (χ4n) is 1.43. The van der Waals surface area contributed by atoms with Gasteiger partial charge in [0.25, 0.3) is 0 Å². The zero-order valence-electron chi connectivity index (χ0n) is 9.68. The summed E-state index contributed by atoms with van der Waals surface area (Å²) in [4.78, 5) is 21.6. The Bertz CT molecular complexity index is 447. The van der Waals surface area contributed by atoms with Crippen LogP contribution in [0.4, 0.5) is 0 Å². The van der Waals surface area contributed by atoms with Crippen LogP contribution in [0.25, 0.3) is 0 Å². The second kappa shape index (κ2) is 7.09. The van der Waals surface area contributed by atoms with E-state index in [0.717, 1.165) is 6.42 Å². The van der Waals surface area contributed by atoms with E-state index in [2.05, 4.69) is 60.7 Å². The average Bonchev–Trinajstić information content (AvgIpc) is 2.29. The Labute approximate surface area is 106 Å². The third kappa shape index (κ3) is 7.76. The smallest absolute Gasteiger partial charge is 0.303 e. The van der Waals surface area contributed by atoms with Crippen LogP contribution in [0.3, 0.4) is 0 Å². The molecule has 0 saturated carbocycles. The SMILES string of the molecule is O=P(O)(O)O.c1ccc(Cc2ccccc2)cc1. The summed E-state index contributed by atoms with van der Waals surface area (Å²) in [5.74, 6) is 0. The lowest BCUT2D eigenvalue weighted by atomic mass is 10.1. The molecule has 0 aliphatic heterocycles. The minimum atomic E-state index is -4.64. The Morgan fingerprint density at radius 3 is 1.28 bits per heavy atom. The number of hydrogen-bond acceptors (Lipinski definition) is 1. The maximum atomic E-state index is 8.88. The zero-order chi connectivity index (χ0) is 13.4. The molecule has 0 spiro atoms. The lowest BCUT2D eigenvalue weighted by Gasteiger charge is -2.00. The van der Waals surface area contributed by atoms with Gasteiger partial charge in [0.1, 0.15) is 0 Å². The van der Waals surface area contributed by atoms with Crippen molar-refractivity contribution < 1.29 is 19.2 Å². The number of rotatable bonds is 2. The Hall–Kier alpha value is -1.45. The van der Waals surface area contributed by atoms with Crippen LogP contribution in [0.1, 0.15) is 11.1 Å². The first-order valence-electron chi connectivity index (χ1n) is 5.31. The molecule has 4 nitrogen and oxygen atoms in total. The molecule has 96 valence electrons. The topological polar surface area (TPSA) is 77.8 Å². The second-order valence-electron chi connectivity index (χ2n) is 3.66. The fourth-order valence-corrected chi connectivity index (χ4v) is 1.43. The summed E-state index contributed by atoms with van der Waals surface area (Å²) >= 11 is 0. The van der Waals surface area contributed by atoms with E-state index in [4.69, 9.17) is 19.2 Å². The van der Waals surface area contributed by atoms with Crippen molar-refractivity contribution in [1.29, 1.82) is 0 Å². The normalized spacial score (nSPS) is 10.4. The van der Waals surface area contributed by atoms with Gasteiger partial charge >= 0.3 is 7.82 Å². The zero-order valence-corrected chi connectivity index (χ0v) is 10.6. The molecule has 0 saturated heterocycles. The minimum Gasteiger partial charge on any atom is -0.303 e. The monoisotopic (exact) mass is 266 g/mol. The van der Waals surface area contributed by atoms with Crippen LogP contribution in [0.15, 0.2) is 60.7 Å². The first kappa shape index (κ1) is 14.6. The molecular weight excluding hydrogens is 251 g/mol. The van der Waals surface area contributed by atoms with Crippen molar-refractivity contribution >= 4 is 7.82 Å². The van der Waals surface area contributed by atoms with Gasteiger partial charge < -0.3 is 14.7 Å². The third-order valence-corrected chi connectivity index (χ3v) is 2.09. The molecule has 3 N–H and O–H groups in total. The molecule has 2 aromatic carbocycles. The van der Waals surface area contributed by atoms with Crippen LogP contribution in [0, 0.1) is 0 Å². The summed E-state index contributed by atoms with van der Waals surface area (Å²) in [5.41, 5.74) is 2.74. The lowest BCUT2D eigenvalue weighted by Crippen LogP contribution is -1.85. The van der Waals surface area contributed by atoms with Crippen LogP contribution < -0.4 is 0 Å². The van der Waals surface area contributed by atoms with Gasteiger partial charge in [-0.05, 0) is 17.5 Å². The quantitative estimate of drug-likeness (QED) is 0.729. The highest BCUT2D eigenvalue weighted by molar-refractivity contribution is 7.45. The summed E-state index contributed by atoms with van der Waals surface area (Å²) in [5, 5.41) is 0. The van der Waals surface area contributed by atoms with Gasteiger partial charge in [0, 0.05) is 0 Å². The van der Waals surface area contributed by atoms with E-state index in [1.165, 1.54) is 11.1 Å². The summed E-state index contributed by atoms with van der Waals surface area (Å²) in [6, 6.07) is 21.1. The molecule has 2 rings (SSSR count). The van der Waals surface area contributed by atoms with Crippen LogP contribution in [-0.4, -0.2) is 14.7 Å². The van der Waals surface area contributed by atoms with Gasteiger partial charge in [-0.1, -0.05) is 60.7 Å². The van der Waals surface area contributed by atoms with E-state index in [-0.39, 0.29) is 0 Å². The molecule has 0 heterocycles. The van der Waals surface area contributed by atoms with Crippen LogP contribution in [0.2, 0.25) is 0 Å². The summed E-state index contributed by atoms with van der Waals surface area (Å²) in [6.45, 7) is 0. The predicted octanol–water partition coefficient (Wildman–Crippen LogP) is 2.35. The Morgan fingerprint density at radius 1 is 0.722 bits per heavy atom. The van der Waals surface area contributed by atoms with E-state index in [0.29, 0.717) is 0 Å². The Kier molecular flexibility index (Phi) is 5.75. The van der Waals surface area contributed by atoms with Crippen molar-refractivity contribution in [3.63, 3.8) is 0 Å². The Morgan fingerprint density at radius 2 is 1.00 bits per heavy atom. The lowest BCUT2D eigenvalue weighted by molar-refractivity contribution is 0.275. The highest BCUT2D eigenvalue weighted by Gasteiger charge is 2.00. The molecule has 0 fully saturated rings. The van der Waals surface area contributed by atoms with Gasteiger partial charge in [-0.15, -0.1) is 0 Å². The first-order chi connectivity index (χ1) is 8.45. The number of benzene rings is 2. The summed E-state index contributed by atoms with van der Waals surface area (Å²) in [7, 11) is -4.64. The highest BCUT2D eigenvalue weighted by atomic mass is 31.2. The van der Waals surface area contributed by atoms with Crippen LogP contribution >= 0.6 is 7.82 Å². The second-order valence-corrected chi connectivity index (χ2v) is 4.69. The molecular formula is C13H15O4P. The van der Waals surface area contributed by atoms with Crippen LogP contribution in [0.5, 0.6) is 0 Å². The van der Waals surface area contributed by atoms with Crippen molar-refractivity contribution in [1.82, 2.24) is 0 Å². The van der Waals surface area contributed by atoms with E-state index < -0.39 is 7.82 Å². The number of phosphoric acid groups is 1. The molecule has 0 radical (unpaired) electrons. The van der Waals surface area contributed by atoms with Gasteiger partial charge in [0.05, 0.1) is 0 Å². The average molecular weight is 266 g/mol. The van der Waals surface area contributed by atoms with Crippen molar-refractivity contribution in [2.24, 2.45) is 0 Å². The van der Waals surface area contributed by atoms with Gasteiger partial charge in [-0.25, -0.2) is 4.57 Å². The molecule has 0 aliphatic rings. The molecule has 5 heteroatoms. The van der Waals surface area contributed by atoms with E-state index in [9.17, 15) is 0 Å². The molecule has 0 unspecified atom stereocenters. The Balaban J connectivity index is 0.000000280. The van der Waals surface area contributed by atoms with Crippen molar-refractivity contribution in [3.8, 4) is 0 Å². The number of hydrogen-bond donors (Lipinski definition) is 3. The molecule has 0 bridgehead atoms. The van der Waals surface area contributed by atoms with Gasteiger partial charge in [-0.3, -0.25) is 0 Å². The minimum absolute atomic E-state index is 1.03. The van der Waals surface area contributed by atoms with E-state index in [1.807, 2.05) is 0 Å². The van der Waals surface area contributed by atoms with Crippen molar-refractivity contribution in [2.45, 2.75) is 6.42 Å². The van der Waals surface area contributed by atoms with E-state index >= 15 is 0 Å². The van der Waals surface area contributed by atoms with Crippen LogP contribution in [-0.2, 0) is 11.0 Å². The predicted molar refractivity (Wildman–Crippen MR) is 70.0 cm³/mol. The standard InChI is InChI=1S/C13H12.H3O4P/c1-3-7-12(8-4-1)11-13-9-5-2-6-10-13;1-5(2,3)4/h1-10H,11H2;(H3,1,2,3,4). The molecule has 0 atom stereocenters. The van der Waals surface area contributed by atoms with Gasteiger partial charge in [-0.2, -0.15) is 0 Å². The van der Waals surface area contributed by atoms with Gasteiger partial charge in [0.15, 0.2) is 0 Å². The molecule has 0 aromatic heterocycles. The molecule has 2 aromatic rings. The maximum Gasteiger partial charge on any atom is 0.466 e. The fraction of sp³-hybridized carbons (Fsp3) is 0.0769. The maximum absolute atomic E-state index is 8.88.